The quantitative estimate of drug-likeness (QED) is 0.743. The van der Waals surface area contributed by atoms with Gasteiger partial charge in [-0.2, -0.15) is 0 Å². The van der Waals surface area contributed by atoms with E-state index in [0.29, 0.717) is 5.54 Å². The van der Waals surface area contributed by atoms with E-state index >= 15 is 0 Å². The third-order valence-corrected chi connectivity index (χ3v) is 4.31. The second-order valence-electron chi connectivity index (χ2n) is 5.39. The van der Waals surface area contributed by atoms with Crippen molar-refractivity contribution in [1.29, 1.82) is 0 Å². The van der Waals surface area contributed by atoms with E-state index in [1.807, 2.05) is 0 Å². The predicted molar refractivity (Wildman–Crippen MR) is 56.2 cm³/mol. The zero-order chi connectivity index (χ0) is 9.43. The van der Waals surface area contributed by atoms with E-state index in [0.717, 1.165) is 25.0 Å². The van der Waals surface area contributed by atoms with Crippen LogP contribution in [0.3, 0.4) is 0 Å². The lowest BCUT2D eigenvalue weighted by molar-refractivity contribution is 0.169. The van der Waals surface area contributed by atoms with Crippen molar-refractivity contribution in [2.45, 2.75) is 44.1 Å². The van der Waals surface area contributed by atoms with Gasteiger partial charge in [0.05, 0.1) is 0 Å². The zero-order valence-corrected chi connectivity index (χ0v) is 8.93. The molecule has 0 bridgehead atoms. The van der Waals surface area contributed by atoms with Gasteiger partial charge in [0.25, 0.3) is 0 Å². The fourth-order valence-corrected chi connectivity index (χ4v) is 3.41. The Hall–Kier alpha value is -0.0800. The van der Waals surface area contributed by atoms with Gasteiger partial charge in [-0.15, -0.1) is 0 Å². The van der Waals surface area contributed by atoms with Gasteiger partial charge in [0.15, 0.2) is 0 Å². The Morgan fingerprint density at radius 2 is 2.21 bits per heavy atom. The lowest BCUT2D eigenvalue weighted by Gasteiger charge is -2.32. The SMILES string of the molecule is C1CNC(CC2CCOC2)(C2CC2)C1. The highest BCUT2D eigenvalue weighted by Gasteiger charge is 2.47. The van der Waals surface area contributed by atoms with Crippen molar-refractivity contribution in [3.63, 3.8) is 0 Å². The van der Waals surface area contributed by atoms with Crippen LogP contribution in [-0.4, -0.2) is 25.3 Å². The molecule has 1 saturated carbocycles. The van der Waals surface area contributed by atoms with Crippen LogP contribution >= 0.6 is 0 Å². The number of ether oxygens (including phenoxy) is 1. The molecule has 0 amide bonds. The Morgan fingerprint density at radius 1 is 1.29 bits per heavy atom. The molecule has 2 atom stereocenters. The van der Waals surface area contributed by atoms with Crippen molar-refractivity contribution in [3.05, 3.63) is 0 Å². The molecule has 3 rings (SSSR count). The molecule has 2 heteroatoms. The Kier molecular flexibility index (Phi) is 2.29. The zero-order valence-electron chi connectivity index (χ0n) is 8.93. The normalized spacial score (nSPS) is 43.3. The van der Waals surface area contributed by atoms with Crippen LogP contribution in [-0.2, 0) is 4.74 Å². The minimum absolute atomic E-state index is 0.540. The summed E-state index contributed by atoms with van der Waals surface area (Å²) in [6.07, 6.45) is 8.45. The summed E-state index contributed by atoms with van der Waals surface area (Å²) >= 11 is 0. The molecule has 80 valence electrons. The van der Waals surface area contributed by atoms with Gasteiger partial charge in [-0.05, 0) is 56.9 Å². The van der Waals surface area contributed by atoms with E-state index in [2.05, 4.69) is 5.32 Å². The summed E-state index contributed by atoms with van der Waals surface area (Å²) in [6.45, 7) is 3.28. The van der Waals surface area contributed by atoms with Gasteiger partial charge in [-0.1, -0.05) is 0 Å². The summed E-state index contributed by atoms with van der Waals surface area (Å²) < 4.78 is 5.48. The summed E-state index contributed by atoms with van der Waals surface area (Å²) in [5.74, 6) is 1.85. The molecule has 3 aliphatic rings. The van der Waals surface area contributed by atoms with Gasteiger partial charge >= 0.3 is 0 Å². The maximum absolute atomic E-state index is 5.48. The average Bonchev–Trinajstić information content (AvgIpc) is 2.76. The first-order chi connectivity index (χ1) is 6.89. The summed E-state index contributed by atoms with van der Waals surface area (Å²) in [5, 5.41) is 3.80. The summed E-state index contributed by atoms with van der Waals surface area (Å²) in [5.41, 5.74) is 0.540. The van der Waals surface area contributed by atoms with Crippen LogP contribution in [0.25, 0.3) is 0 Å². The Balaban J connectivity index is 1.65. The van der Waals surface area contributed by atoms with Crippen molar-refractivity contribution >= 4 is 0 Å². The van der Waals surface area contributed by atoms with Crippen LogP contribution in [0.1, 0.15) is 38.5 Å². The number of rotatable bonds is 3. The van der Waals surface area contributed by atoms with Crippen molar-refractivity contribution < 1.29 is 4.74 Å². The second-order valence-corrected chi connectivity index (χ2v) is 5.39. The van der Waals surface area contributed by atoms with Crippen LogP contribution in [0.2, 0.25) is 0 Å². The Morgan fingerprint density at radius 3 is 2.79 bits per heavy atom. The van der Waals surface area contributed by atoms with E-state index in [-0.39, 0.29) is 0 Å². The van der Waals surface area contributed by atoms with Crippen LogP contribution in [0.15, 0.2) is 0 Å². The first-order valence-corrected chi connectivity index (χ1v) is 6.22. The molecule has 2 saturated heterocycles. The molecular weight excluding hydrogens is 174 g/mol. The lowest BCUT2D eigenvalue weighted by Crippen LogP contribution is -2.43. The van der Waals surface area contributed by atoms with Crippen LogP contribution in [0, 0.1) is 11.8 Å². The molecule has 2 unspecified atom stereocenters. The molecule has 2 nitrogen and oxygen atoms in total. The molecule has 0 aromatic heterocycles. The molecule has 14 heavy (non-hydrogen) atoms. The van der Waals surface area contributed by atoms with E-state index in [1.165, 1.54) is 45.1 Å². The third kappa shape index (κ3) is 1.59. The number of hydrogen-bond donors (Lipinski definition) is 1. The molecule has 0 aromatic rings. The molecule has 1 N–H and O–H groups in total. The van der Waals surface area contributed by atoms with Crippen molar-refractivity contribution in [2.75, 3.05) is 19.8 Å². The number of hydrogen-bond acceptors (Lipinski definition) is 2. The monoisotopic (exact) mass is 195 g/mol. The highest BCUT2D eigenvalue weighted by molar-refractivity contribution is 5.05. The summed E-state index contributed by atoms with van der Waals surface area (Å²) in [4.78, 5) is 0. The van der Waals surface area contributed by atoms with E-state index in [4.69, 9.17) is 4.74 Å². The Labute approximate surface area is 86.4 Å². The molecular formula is C12H21NO. The number of nitrogens with one attached hydrogen (secondary N) is 1. The second kappa shape index (κ2) is 3.49. The van der Waals surface area contributed by atoms with Gasteiger partial charge in [-0.25, -0.2) is 0 Å². The smallest absolute Gasteiger partial charge is 0.0495 e. The van der Waals surface area contributed by atoms with E-state index in [1.54, 1.807) is 0 Å². The van der Waals surface area contributed by atoms with Gasteiger partial charge in [-0.3, -0.25) is 0 Å². The predicted octanol–water partition coefficient (Wildman–Crippen LogP) is 1.95. The fourth-order valence-electron chi connectivity index (χ4n) is 3.41. The molecule has 0 spiro atoms. The van der Waals surface area contributed by atoms with Crippen LogP contribution in [0.5, 0.6) is 0 Å². The van der Waals surface area contributed by atoms with Crippen LogP contribution < -0.4 is 5.32 Å². The van der Waals surface area contributed by atoms with Gasteiger partial charge in [0, 0.05) is 18.8 Å². The third-order valence-electron chi connectivity index (χ3n) is 4.31. The lowest BCUT2D eigenvalue weighted by atomic mass is 9.81. The topological polar surface area (TPSA) is 21.3 Å². The largest absolute Gasteiger partial charge is 0.381 e. The standard InChI is InChI=1S/C12H21NO/c1-5-12(13-6-1,11-2-3-11)8-10-4-7-14-9-10/h10-11,13H,1-9H2. The summed E-state index contributed by atoms with van der Waals surface area (Å²) in [7, 11) is 0. The molecule has 1 aliphatic carbocycles. The van der Waals surface area contributed by atoms with Crippen LogP contribution in [0.4, 0.5) is 0 Å². The minimum atomic E-state index is 0.540. The van der Waals surface area contributed by atoms with Crippen molar-refractivity contribution in [2.24, 2.45) is 11.8 Å². The molecule has 0 radical (unpaired) electrons. The van der Waals surface area contributed by atoms with Gasteiger partial charge in [0.2, 0.25) is 0 Å². The molecule has 0 aromatic carbocycles. The van der Waals surface area contributed by atoms with Gasteiger partial charge in [0.1, 0.15) is 0 Å². The van der Waals surface area contributed by atoms with Crippen molar-refractivity contribution in [1.82, 2.24) is 5.32 Å². The molecule has 2 aliphatic heterocycles. The summed E-state index contributed by atoms with van der Waals surface area (Å²) in [6, 6.07) is 0. The average molecular weight is 195 g/mol. The van der Waals surface area contributed by atoms with E-state index in [9.17, 15) is 0 Å². The highest BCUT2D eigenvalue weighted by Crippen LogP contribution is 2.47. The maximum Gasteiger partial charge on any atom is 0.0495 e. The van der Waals surface area contributed by atoms with Crippen molar-refractivity contribution in [3.8, 4) is 0 Å². The first kappa shape index (κ1) is 9.17. The highest BCUT2D eigenvalue weighted by atomic mass is 16.5. The maximum atomic E-state index is 5.48. The molecule has 3 fully saturated rings. The van der Waals surface area contributed by atoms with Gasteiger partial charge < -0.3 is 10.1 Å². The first-order valence-electron chi connectivity index (χ1n) is 6.22. The minimum Gasteiger partial charge on any atom is -0.381 e. The fraction of sp³-hybridized carbons (Fsp3) is 1.00. The Bertz CT molecular complexity index is 200. The van der Waals surface area contributed by atoms with E-state index < -0.39 is 0 Å². The molecule has 2 heterocycles.